The Morgan fingerprint density at radius 3 is 3.06 bits per heavy atom. The molecule has 0 unspecified atom stereocenters. The van der Waals surface area contributed by atoms with E-state index in [0.29, 0.717) is 6.54 Å². The molecule has 0 fully saturated rings. The van der Waals surface area contributed by atoms with Crippen molar-refractivity contribution in [2.24, 2.45) is 0 Å². The van der Waals surface area contributed by atoms with Gasteiger partial charge in [-0.3, -0.25) is 4.79 Å². The van der Waals surface area contributed by atoms with Crippen LogP contribution in [-0.2, 0) is 11.2 Å². The van der Waals surface area contributed by atoms with Crippen molar-refractivity contribution in [3.05, 3.63) is 36.1 Å². The number of benzene rings is 1. The molecule has 0 atom stereocenters. The van der Waals surface area contributed by atoms with Gasteiger partial charge in [-0.2, -0.15) is 0 Å². The molecule has 0 saturated heterocycles. The number of hydrogen-bond donors (Lipinski definition) is 1. The van der Waals surface area contributed by atoms with E-state index in [1.807, 2.05) is 18.2 Å². The fourth-order valence-corrected chi connectivity index (χ4v) is 1.66. The molecule has 0 saturated carbocycles. The van der Waals surface area contributed by atoms with E-state index in [4.69, 9.17) is 16.0 Å². The van der Waals surface area contributed by atoms with Gasteiger partial charge in [0, 0.05) is 11.9 Å². The lowest BCUT2D eigenvalue weighted by Gasteiger charge is -2.03. The minimum Gasteiger partial charge on any atom is -0.464 e. The van der Waals surface area contributed by atoms with Crippen LogP contribution >= 0.6 is 11.6 Å². The number of alkyl halides is 1. The van der Waals surface area contributed by atoms with Crippen LogP contribution in [0.3, 0.4) is 0 Å². The lowest BCUT2D eigenvalue weighted by Crippen LogP contribution is -2.26. The molecule has 0 bridgehead atoms. The third kappa shape index (κ3) is 2.55. The second-order valence-electron chi connectivity index (χ2n) is 3.53. The SMILES string of the molecule is O=C(CCl)NCCc1ccc2occc2c1. The van der Waals surface area contributed by atoms with Crippen LogP contribution in [-0.4, -0.2) is 18.3 Å². The van der Waals surface area contributed by atoms with Crippen molar-refractivity contribution in [1.82, 2.24) is 5.32 Å². The largest absolute Gasteiger partial charge is 0.464 e. The number of halogens is 1. The summed E-state index contributed by atoms with van der Waals surface area (Å²) in [6, 6.07) is 7.93. The quantitative estimate of drug-likeness (QED) is 0.830. The summed E-state index contributed by atoms with van der Waals surface area (Å²) >= 11 is 5.37. The molecule has 1 aromatic carbocycles. The highest BCUT2D eigenvalue weighted by Gasteiger charge is 2.00. The zero-order chi connectivity index (χ0) is 11.4. The van der Waals surface area contributed by atoms with Crippen LogP contribution < -0.4 is 5.32 Å². The van der Waals surface area contributed by atoms with Crippen LogP contribution in [0.4, 0.5) is 0 Å². The van der Waals surface area contributed by atoms with Crippen LogP contribution in [0.5, 0.6) is 0 Å². The zero-order valence-corrected chi connectivity index (χ0v) is 9.46. The molecule has 0 aliphatic heterocycles. The Labute approximate surface area is 98.4 Å². The monoisotopic (exact) mass is 237 g/mol. The topological polar surface area (TPSA) is 42.2 Å². The minimum absolute atomic E-state index is 0.0146. The van der Waals surface area contributed by atoms with Crippen LogP contribution in [0.1, 0.15) is 5.56 Å². The number of carbonyl (C=O) groups excluding carboxylic acids is 1. The average Bonchev–Trinajstić information content (AvgIpc) is 2.76. The van der Waals surface area contributed by atoms with Gasteiger partial charge in [0.25, 0.3) is 0 Å². The van der Waals surface area contributed by atoms with E-state index >= 15 is 0 Å². The first-order valence-corrected chi connectivity index (χ1v) is 5.62. The third-order valence-corrected chi connectivity index (χ3v) is 2.62. The maximum atomic E-state index is 10.9. The summed E-state index contributed by atoms with van der Waals surface area (Å²) in [6.45, 7) is 0.606. The number of carbonyl (C=O) groups is 1. The molecular weight excluding hydrogens is 226 g/mol. The minimum atomic E-state index is -0.133. The Morgan fingerprint density at radius 1 is 1.38 bits per heavy atom. The van der Waals surface area contributed by atoms with Crippen molar-refractivity contribution in [3.8, 4) is 0 Å². The van der Waals surface area contributed by atoms with Gasteiger partial charge in [-0.25, -0.2) is 0 Å². The first-order chi connectivity index (χ1) is 7.79. The number of furan rings is 1. The van der Waals surface area contributed by atoms with Gasteiger partial charge in [0.05, 0.1) is 6.26 Å². The van der Waals surface area contributed by atoms with Gasteiger partial charge in [-0.05, 0) is 30.2 Å². The molecule has 4 heteroatoms. The molecule has 0 spiro atoms. The normalized spacial score (nSPS) is 10.6. The second-order valence-corrected chi connectivity index (χ2v) is 3.79. The maximum absolute atomic E-state index is 10.9. The highest BCUT2D eigenvalue weighted by Crippen LogP contribution is 2.16. The number of amides is 1. The Balaban J connectivity index is 1.96. The summed E-state index contributed by atoms with van der Waals surface area (Å²) in [5, 5.41) is 3.81. The van der Waals surface area contributed by atoms with Crippen molar-refractivity contribution < 1.29 is 9.21 Å². The molecule has 1 N–H and O–H groups in total. The van der Waals surface area contributed by atoms with E-state index < -0.39 is 0 Å². The van der Waals surface area contributed by atoms with Crippen molar-refractivity contribution in [2.45, 2.75) is 6.42 Å². The van der Waals surface area contributed by atoms with Gasteiger partial charge in [0.15, 0.2) is 0 Å². The van der Waals surface area contributed by atoms with E-state index in [1.165, 1.54) is 5.56 Å². The van der Waals surface area contributed by atoms with Gasteiger partial charge in [0.1, 0.15) is 11.5 Å². The second kappa shape index (κ2) is 5.03. The van der Waals surface area contributed by atoms with Gasteiger partial charge in [-0.15, -0.1) is 11.6 Å². The number of nitrogens with one attached hydrogen (secondary N) is 1. The van der Waals surface area contributed by atoms with Gasteiger partial charge < -0.3 is 9.73 Å². The highest BCUT2D eigenvalue weighted by atomic mass is 35.5. The summed E-state index contributed by atoms with van der Waals surface area (Å²) in [6.07, 6.45) is 2.47. The van der Waals surface area contributed by atoms with Crippen LogP contribution in [0.15, 0.2) is 34.9 Å². The molecule has 1 heterocycles. The van der Waals surface area contributed by atoms with Gasteiger partial charge in [0.2, 0.25) is 5.91 Å². The highest BCUT2D eigenvalue weighted by molar-refractivity contribution is 6.27. The molecule has 0 aliphatic carbocycles. The molecule has 16 heavy (non-hydrogen) atoms. The summed E-state index contributed by atoms with van der Waals surface area (Å²) in [4.78, 5) is 10.9. The summed E-state index contributed by atoms with van der Waals surface area (Å²) in [7, 11) is 0. The Hall–Kier alpha value is -1.48. The number of fused-ring (bicyclic) bond motifs is 1. The van der Waals surface area contributed by atoms with E-state index in [9.17, 15) is 4.79 Å². The molecule has 1 aromatic heterocycles. The number of hydrogen-bond acceptors (Lipinski definition) is 2. The molecule has 2 aromatic rings. The van der Waals surface area contributed by atoms with E-state index in [0.717, 1.165) is 17.4 Å². The summed E-state index contributed by atoms with van der Waals surface area (Å²) in [5.74, 6) is -0.119. The third-order valence-electron chi connectivity index (χ3n) is 2.37. The molecule has 3 nitrogen and oxygen atoms in total. The number of rotatable bonds is 4. The summed E-state index contributed by atoms with van der Waals surface area (Å²) in [5.41, 5.74) is 2.05. The van der Waals surface area contributed by atoms with Gasteiger partial charge in [-0.1, -0.05) is 6.07 Å². The van der Waals surface area contributed by atoms with Crippen LogP contribution in [0.2, 0.25) is 0 Å². The molecule has 0 radical (unpaired) electrons. The Bertz CT molecular complexity index is 492. The Kier molecular flexibility index (Phi) is 3.47. The molecule has 1 amide bonds. The summed E-state index contributed by atoms with van der Waals surface area (Å²) < 4.78 is 5.25. The van der Waals surface area contributed by atoms with E-state index in [1.54, 1.807) is 6.26 Å². The first-order valence-electron chi connectivity index (χ1n) is 5.08. The van der Waals surface area contributed by atoms with Crippen LogP contribution in [0.25, 0.3) is 11.0 Å². The predicted octanol–water partition coefficient (Wildman–Crippen LogP) is 2.33. The zero-order valence-electron chi connectivity index (χ0n) is 8.70. The average molecular weight is 238 g/mol. The van der Waals surface area contributed by atoms with Crippen molar-refractivity contribution in [3.63, 3.8) is 0 Å². The standard InChI is InChI=1S/C12H12ClNO2/c13-8-12(15)14-5-3-9-1-2-11-10(7-9)4-6-16-11/h1-2,4,6-7H,3,5,8H2,(H,14,15). The van der Waals surface area contributed by atoms with Gasteiger partial charge >= 0.3 is 0 Å². The fourth-order valence-electron chi connectivity index (χ4n) is 1.57. The first kappa shape index (κ1) is 11.0. The fraction of sp³-hybridized carbons (Fsp3) is 0.250. The molecule has 84 valence electrons. The van der Waals surface area contributed by atoms with E-state index in [-0.39, 0.29) is 11.8 Å². The molecular formula is C12H12ClNO2. The smallest absolute Gasteiger partial charge is 0.234 e. The maximum Gasteiger partial charge on any atom is 0.234 e. The van der Waals surface area contributed by atoms with Crippen molar-refractivity contribution >= 4 is 28.5 Å². The van der Waals surface area contributed by atoms with E-state index in [2.05, 4.69) is 11.4 Å². The Morgan fingerprint density at radius 2 is 2.25 bits per heavy atom. The lowest BCUT2D eigenvalue weighted by molar-refractivity contribution is -0.118. The van der Waals surface area contributed by atoms with Crippen molar-refractivity contribution in [1.29, 1.82) is 0 Å². The van der Waals surface area contributed by atoms with Crippen molar-refractivity contribution in [2.75, 3.05) is 12.4 Å². The molecule has 0 aliphatic rings. The predicted molar refractivity (Wildman–Crippen MR) is 63.6 cm³/mol. The van der Waals surface area contributed by atoms with Crippen LogP contribution in [0, 0.1) is 0 Å². The lowest BCUT2D eigenvalue weighted by atomic mass is 10.1. The molecule has 2 rings (SSSR count).